The molecule has 0 atom stereocenters. The molecule has 0 spiro atoms. The van der Waals surface area contributed by atoms with Gasteiger partial charge in [0.05, 0.1) is 0 Å². The Kier molecular flexibility index (Phi) is 3.91. The topological polar surface area (TPSA) is 65.2 Å². The zero-order valence-electron chi connectivity index (χ0n) is 11.4. The maximum Gasteiger partial charge on any atom is 0.357 e. The van der Waals surface area contributed by atoms with Crippen LogP contribution in [0.25, 0.3) is 11.3 Å². The van der Waals surface area contributed by atoms with E-state index in [0.29, 0.717) is 17.0 Å². The molecule has 0 amide bonds. The van der Waals surface area contributed by atoms with Crippen molar-refractivity contribution in [1.29, 1.82) is 0 Å². The van der Waals surface area contributed by atoms with E-state index in [1.807, 2.05) is 0 Å². The third kappa shape index (κ3) is 3.17. The second kappa shape index (κ2) is 6.17. The number of benzene rings is 1. The van der Waals surface area contributed by atoms with E-state index < -0.39 is 5.97 Å². The van der Waals surface area contributed by atoms with E-state index in [0.717, 1.165) is 0 Å². The summed E-state index contributed by atoms with van der Waals surface area (Å²) in [6.45, 7) is -0.0277. The minimum absolute atomic E-state index is 0.0277. The number of hydrogen-bond acceptors (Lipinski definition) is 5. The summed E-state index contributed by atoms with van der Waals surface area (Å²) in [5.41, 5.74) is 1.38. The van der Waals surface area contributed by atoms with Crippen molar-refractivity contribution in [2.24, 2.45) is 0 Å². The number of rotatable bonds is 4. The van der Waals surface area contributed by atoms with Crippen molar-refractivity contribution >= 4 is 5.97 Å². The fourth-order valence-electron chi connectivity index (χ4n) is 1.83. The average Bonchev–Trinajstić information content (AvgIpc) is 3.03. The van der Waals surface area contributed by atoms with E-state index in [-0.39, 0.29) is 18.1 Å². The van der Waals surface area contributed by atoms with E-state index in [1.165, 1.54) is 18.3 Å². The fraction of sp³-hybridized carbons (Fsp3) is 0.0625. The van der Waals surface area contributed by atoms with Crippen LogP contribution in [0.4, 0.5) is 4.39 Å². The predicted octanol–water partition coefficient (Wildman–Crippen LogP) is 3.23. The smallest absolute Gasteiger partial charge is 0.357 e. The predicted molar refractivity (Wildman–Crippen MR) is 75.3 cm³/mol. The van der Waals surface area contributed by atoms with Crippen LogP contribution in [0.5, 0.6) is 0 Å². The molecule has 0 saturated carbocycles. The molecule has 2 heterocycles. The van der Waals surface area contributed by atoms with Crippen LogP contribution in [-0.2, 0) is 11.3 Å². The van der Waals surface area contributed by atoms with Gasteiger partial charge in [0, 0.05) is 17.8 Å². The van der Waals surface area contributed by atoms with Crippen molar-refractivity contribution < 1.29 is 18.4 Å². The third-order valence-electron chi connectivity index (χ3n) is 2.91. The molecule has 1 aromatic carbocycles. The first-order valence-corrected chi connectivity index (χ1v) is 6.52. The highest BCUT2D eigenvalue weighted by atomic mass is 19.1. The number of carbonyl (C=O) groups is 1. The van der Waals surface area contributed by atoms with Gasteiger partial charge >= 0.3 is 5.97 Å². The van der Waals surface area contributed by atoms with Crippen LogP contribution in [-0.4, -0.2) is 16.1 Å². The van der Waals surface area contributed by atoms with Gasteiger partial charge in [0.15, 0.2) is 5.76 Å². The van der Waals surface area contributed by atoms with Crippen molar-refractivity contribution in [1.82, 2.24) is 10.1 Å². The molecular formula is C16H11FN2O3. The molecule has 2 aromatic heterocycles. The van der Waals surface area contributed by atoms with Gasteiger partial charge in [-0.2, -0.15) is 0 Å². The molecule has 0 unspecified atom stereocenters. The van der Waals surface area contributed by atoms with Crippen LogP contribution in [0, 0.1) is 5.82 Å². The van der Waals surface area contributed by atoms with Crippen LogP contribution >= 0.6 is 0 Å². The van der Waals surface area contributed by atoms with E-state index >= 15 is 0 Å². The second-order valence-corrected chi connectivity index (χ2v) is 4.48. The van der Waals surface area contributed by atoms with Gasteiger partial charge < -0.3 is 9.26 Å². The van der Waals surface area contributed by atoms with Crippen LogP contribution in [0.3, 0.4) is 0 Å². The summed E-state index contributed by atoms with van der Waals surface area (Å²) >= 11 is 0. The Morgan fingerprint density at radius 2 is 2.00 bits per heavy atom. The number of esters is 1. The van der Waals surface area contributed by atoms with Gasteiger partial charge in [-0.05, 0) is 36.4 Å². The number of hydrogen-bond donors (Lipinski definition) is 0. The van der Waals surface area contributed by atoms with Gasteiger partial charge in [0.1, 0.15) is 23.8 Å². The molecule has 0 radical (unpaired) electrons. The van der Waals surface area contributed by atoms with Crippen molar-refractivity contribution in [3.8, 4) is 11.3 Å². The lowest BCUT2D eigenvalue weighted by atomic mass is 10.1. The molecule has 0 saturated heterocycles. The molecule has 0 aliphatic rings. The summed E-state index contributed by atoms with van der Waals surface area (Å²) in [6.07, 6.45) is 1.51. The van der Waals surface area contributed by atoms with Crippen LogP contribution in [0.15, 0.2) is 59.3 Å². The summed E-state index contributed by atoms with van der Waals surface area (Å²) in [4.78, 5) is 15.6. The first-order valence-electron chi connectivity index (χ1n) is 6.52. The molecule has 110 valence electrons. The van der Waals surface area contributed by atoms with Gasteiger partial charge in [0.2, 0.25) is 0 Å². The monoisotopic (exact) mass is 298 g/mol. The van der Waals surface area contributed by atoms with Crippen LogP contribution in [0.1, 0.15) is 16.2 Å². The van der Waals surface area contributed by atoms with E-state index in [2.05, 4.69) is 10.1 Å². The quantitative estimate of drug-likeness (QED) is 0.692. The highest BCUT2D eigenvalue weighted by molar-refractivity contribution is 5.87. The van der Waals surface area contributed by atoms with Crippen molar-refractivity contribution in [2.75, 3.05) is 0 Å². The van der Waals surface area contributed by atoms with Gasteiger partial charge in [-0.25, -0.2) is 14.2 Å². The normalized spacial score (nSPS) is 10.4. The van der Waals surface area contributed by atoms with Gasteiger partial charge in [-0.1, -0.05) is 11.2 Å². The molecule has 3 aromatic rings. The fourth-order valence-corrected chi connectivity index (χ4v) is 1.83. The number of halogens is 1. The van der Waals surface area contributed by atoms with Crippen molar-refractivity contribution in [3.05, 3.63) is 71.9 Å². The van der Waals surface area contributed by atoms with Gasteiger partial charge in [-0.3, -0.25) is 0 Å². The minimum Gasteiger partial charge on any atom is -0.454 e. The van der Waals surface area contributed by atoms with E-state index in [4.69, 9.17) is 9.26 Å². The number of ether oxygens (including phenoxy) is 1. The van der Waals surface area contributed by atoms with Gasteiger partial charge in [0.25, 0.3) is 0 Å². The Bertz CT molecular complexity index is 770. The second-order valence-electron chi connectivity index (χ2n) is 4.48. The summed E-state index contributed by atoms with van der Waals surface area (Å²) in [6, 6.07) is 12.4. The molecular weight excluding hydrogens is 287 g/mol. The molecule has 0 fully saturated rings. The molecule has 3 rings (SSSR count). The molecule has 0 aliphatic carbocycles. The largest absolute Gasteiger partial charge is 0.454 e. The average molecular weight is 298 g/mol. The summed E-state index contributed by atoms with van der Waals surface area (Å²) < 4.78 is 23.1. The Morgan fingerprint density at radius 1 is 1.18 bits per heavy atom. The number of pyridine rings is 1. The lowest BCUT2D eigenvalue weighted by Crippen LogP contribution is -2.06. The maximum atomic E-state index is 12.9. The Balaban J connectivity index is 1.65. The van der Waals surface area contributed by atoms with Crippen LogP contribution < -0.4 is 0 Å². The maximum absolute atomic E-state index is 12.9. The van der Waals surface area contributed by atoms with Gasteiger partial charge in [-0.15, -0.1) is 0 Å². The SMILES string of the molecule is O=C(OCc1cc(-c2ccc(F)cc2)on1)c1ccccn1. The first kappa shape index (κ1) is 13.9. The van der Waals surface area contributed by atoms with Crippen molar-refractivity contribution in [2.45, 2.75) is 6.61 Å². The van der Waals surface area contributed by atoms with Crippen molar-refractivity contribution in [3.63, 3.8) is 0 Å². The third-order valence-corrected chi connectivity index (χ3v) is 2.91. The minimum atomic E-state index is -0.535. The molecule has 0 N–H and O–H groups in total. The molecule has 22 heavy (non-hydrogen) atoms. The highest BCUT2D eigenvalue weighted by Crippen LogP contribution is 2.21. The Hall–Kier alpha value is -3.02. The number of nitrogens with zero attached hydrogens (tertiary/aromatic N) is 2. The summed E-state index contributed by atoms with van der Waals surface area (Å²) in [5, 5.41) is 3.81. The van der Waals surface area contributed by atoms with E-state index in [9.17, 15) is 9.18 Å². The zero-order valence-corrected chi connectivity index (χ0v) is 11.4. The number of aromatic nitrogens is 2. The molecule has 5 nitrogen and oxygen atoms in total. The zero-order chi connectivity index (χ0) is 15.4. The lowest BCUT2D eigenvalue weighted by molar-refractivity contribution is 0.0457. The van der Waals surface area contributed by atoms with E-state index in [1.54, 1.807) is 36.4 Å². The molecule has 6 heteroatoms. The Morgan fingerprint density at radius 3 is 2.73 bits per heavy atom. The lowest BCUT2D eigenvalue weighted by Gasteiger charge is -2.00. The Labute approximate surface area is 125 Å². The molecule has 0 bridgehead atoms. The first-order chi connectivity index (χ1) is 10.7. The standard InChI is InChI=1S/C16H11FN2O3/c17-12-6-4-11(5-7-12)15-9-13(19-22-15)10-21-16(20)14-3-1-2-8-18-14/h1-9H,10H2. The van der Waals surface area contributed by atoms with Crippen LogP contribution in [0.2, 0.25) is 0 Å². The number of carbonyl (C=O) groups excluding carboxylic acids is 1. The summed E-state index contributed by atoms with van der Waals surface area (Å²) in [5.74, 6) is -0.386. The highest BCUT2D eigenvalue weighted by Gasteiger charge is 2.11. The molecule has 0 aliphatic heterocycles. The summed E-state index contributed by atoms with van der Waals surface area (Å²) in [7, 11) is 0.